The van der Waals surface area contributed by atoms with E-state index in [1.165, 1.54) is 6.07 Å². The number of benzene rings is 1. The van der Waals surface area contributed by atoms with Crippen LogP contribution >= 0.6 is 0 Å². The normalized spacial score (nSPS) is 10.2. The summed E-state index contributed by atoms with van der Waals surface area (Å²) >= 11 is 0. The van der Waals surface area contributed by atoms with Gasteiger partial charge in [0.1, 0.15) is 5.69 Å². The molecule has 1 rings (SSSR count). The van der Waals surface area contributed by atoms with E-state index in [9.17, 15) is 14.9 Å². The quantitative estimate of drug-likeness (QED) is 0.630. The first-order chi connectivity index (χ1) is 7.41. The standard InChI is InChI=1S/C11H14N2O3/c1-7(2)11(14)12-9-6-8(3)4-5-10(9)13(15)16/h4-7H,1-3H3,(H,12,14). The minimum absolute atomic E-state index is 0.0837. The average Bonchev–Trinajstić information content (AvgIpc) is 2.16. The van der Waals surface area contributed by atoms with Crippen molar-refractivity contribution in [2.24, 2.45) is 5.92 Å². The van der Waals surface area contributed by atoms with E-state index >= 15 is 0 Å². The van der Waals surface area contributed by atoms with Gasteiger partial charge in [0.2, 0.25) is 5.91 Å². The molecule has 0 saturated heterocycles. The smallest absolute Gasteiger partial charge is 0.292 e. The molecule has 0 aliphatic rings. The molecule has 0 atom stereocenters. The van der Waals surface area contributed by atoms with Crippen LogP contribution in [-0.4, -0.2) is 10.8 Å². The molecule has 0 unspecified atom stereocenters. The Bertz CT molecular complexity index is 427. The predicted octanol–water partition coefficient (Wildman–Crippen LogP) is 2.50. The Balaban J connectivity index is 3.06. The van der Waals surface area contributed by atoms with Gasteiger partial charge in [-0.15, -0.1) is 0 Å². The molecule has 0 aliphatic carbocycles. The van der Waals surface area contributed by atoms with Crippen LogP contribution in [0.3, 0.4) is 0 Å². The molecule has 0 radical (unpaired) electrons. The maximum atomic E-state index is 11.5. The van der Waals surface area contributed by atoms with Gasteiger partial charge in [-0.3, -0.25) is 14.9 Å². The highest BCUT2D eigenvalue weighted by atomic mass is 16.6. The first kappa shape index (κ1) is 12.2. The van der Waals surface area contributed by atoms with E-state index in [0.717, 1.165) is 5.56 Å². The molecule has 1 amide bonds. The summed E-state index contributed by atoms with van der Waals surface area (Å²) in [6.07, 6.45) is 0. The van der Waals surface area contributed by atoms with E-state index in [0.29, 0.717) is 0 Å². The van der Waals surface area contributed by atoms with Crippen LogP contribution in [0.2, 0.25) is 0 Å². The number of nitro groups is 1. The summed E-state index contributed by atoms with van der Waals surface area (Å²) in [5.41, 5.74) is 1.04. The molecule has 86 valence electrons. The first-order valence-electron chi connectivity index (χ1n) is 4.97. The van der Waals surface area contributed by atoms with Crippen LogP contribution in [0.15, 0.2) is 18.2 Å². The van der Waals surface area contributed by atoms with Gasteiger partial charge in [0, 0.05) is 12.0 Å². The Kier molecular flexibility index (Phi) is 3.60. The van der Waals surface area contributed by atoms with Gasteiger partial charge in [0.05, 0.1) is 4.92 Å². The zero-order valence-corrected chi connectivity index (χ0v) is 9.48. The molecule has 0 aromatic heterocycles. The Morgan fingerprint density at radius 1 is 1.44 bits per heavy atom. The third-order valence-corrected chi connectivity index (χ3v) is 2.13. The number of nitrogens with zero attached hydrogens (tertiary/aromatic N) is 1. The van der Waals surface area contributed by atoms with Crippen molar-refractivity contribution in [2.75, 3.05) is 5.32 Å². The topological polar surface area (TPSA) is 72.2 Å². The lowest BCUT2D eigenvalue weighted by molar-refractivity contribution is -0.383. The fourth-order valence-corrected chi connectivity index (χ4v) is 1.19. The van der Waals surface area contributed by atoms with Crippen LogP contribution in [0.1, 0.15) is 19.4 Å². The number of hydrogen-bond acceptors (Lipinski definition) is 3. The molecule has 16 heavy (non-hydrogen) atoms. The van der Waals surface area contributed by atoms with Gasteiger partial charge in [0.25, 0.3) is 5.69 Å². The monoisotopic (exact) mass is 222 g/mol. The average molecular weight is 222 g/mol. The van der Waals surface area contributed by atoms with E-state index < -0.39 is 4.92 Å². The molecular formula is C11H14N2O3. The maximum Gasteiger partial charge on any atom is 0.292 e. The summed E-state index contributed by atoms with van der Waals surface area (Å²) < 4.78 is 0. The highest BCUT2D eigenvalue weighted by Gasteiger charge is 2.16. The summed E-state index contributed by atoms with van der Waals surface area (Å²) in [6.45, 7) is 5.28. The number of anilines is 1. The van der Waals surface area contributed by atoms with Crippen LogP contribution in [0.4, 0.5) is 11.4 Å². The summed E-state index contributed by atoms with van der Waals surface area (Å²) in [6, 6.07) is 4.63. The van der Waals surface area contributed by atoms with Gasteiger partial charge in [-0.25, -0.2) is 0 Å². The lowest BCUT2D eigenvalue weighted by atomic mass is 10.1. The summed E-state index contributed by atoms with van der Waals surface area (Å²) in [5.74, 6) is -0.436. The number of carbonyl (C=O) groups excluding carboxylic acids is 1. The highest BCUT2D eigenvalue weighted by molar-refractivity contribution is 5.94. The lowest BCUT2D eigenvalue weighted by Crippen LogP contribution is -2.18. The number of amides is 1. The predicted molar refractivity (Wildman–Crippen MR) is 61.3 cm³/mol. The zero-order valence-electron chi connectivity index (χ0n) is 9.48. The van der Waals surface area contributed by atoms with E-state index in [-0.39, 0.29) is 23.2 Å². The van der Waals surface area contributed by atoms with Gasteiger partial charge >= 0.3 is 0 Å². The maximum absolute atomic E-state index is 11.5. The van der Waals surface area contributed by atoms with Crippen molar-refractivity contribution >= 4 is 17.3 Å². The molecule has 0 spiro atoms. The molecular weight excluding hydrogens is 208 g/mol. The zero-order chi connectivity index (χ0) is 12.3. The van der Waals surface area contributed by atoms with Crippen LogP contribution in [0, 0.1) is 23.0 Å². The van der Waals surface area contributed by atoms with Crippen LogP contribution in [0.5, 0.6) is 0 Å². The van der Waals surface area contributed by atoms with Crippen molar-refractivity contribution in [3.05, 3.63) is 33.9 Å². The largest absolute Gasteiger partial charge is 0.320 e. The number of nitrogens with one attached hydrogen (secondary N) is 1. The molecule has 0 saturated carbocycles. The molecule has 5 nitrogen and oxygen atoms in total. The van der Waals surface area contributed by atoms with Gasteiger partial charge < -0.3 is 5.32 Å². The minimum Gasteiger partial charge on any atom is -0.320 e. The molecule has 1 aromatic rings. The fraction of sp³-hybridized carbons (Fsp3) is 0.364. The van der Waals surface area contributed by atoms with E-state index in [2.05, 4.69) is 5.32 Å². The third kappa shape index (κ3) is 2.79. The molecule has 1 aromatic carbocycles. The summed E-state index contributed by atoms with van der Waals surface area (Å²) in [4.78, 5) is 21.7. The number of hydrogen-bond donors (Lipinski definition) is 1. The van der Waals surface area contributed by atoms with E-state index in [1.54, 1.807) is 26.0 Å². The minimum atomic E-state index is -0.505. The second kappa shape index (κ2) is 4.74. The van der Waals surface area contributed by atoms with Crippen LogP contribution in [0.25, 0.3) is 0 Å². The molecule has 0 fully saturated rings. The highest BCUT2D eigenvalue weighted by Crippen LogP contribution is 2.25. The molecule has 0 aliphatic heterocycles. The second-order valence-corrected chi connectivity index (χ2v) is 3.92. The number of aryl methyl sites for hydroxylation is 1. The number of nitro benzene ring substituents is 1. The van der Waals surface area contributed by atoms with Crippen LogP contribution < -0.4 is 5.32 Å². The van der Waals surface area contributed by atoms with Gasteiger partial charge in [-0.1, -0.05) is 19.9 Å². The fourth-order valence-electron chi connectivity index (χ4n) is 1.19. The van der Waals surface area contributed by atoms with Crippen molar-refractivity contribution in [2.45, 2.75) is 20.8 Å². The Morgan fingerprint density at radius 3 is 2.56 bits per heavy atom. The second-order valence-electron chi connectivity index (χ2n) is 3.92. The Hall–Kier alpha value is -1.91. The first-order valence-corrected chi connectivity index (χ1v) is 4.97. The Labute approximate surface area is 93.6 Å². The van der Waals surface area contributed by atoms with Gasteiger partial charge in [-0.05, 0) is 18.6 Å². The van der Waals surface area contributed by atoms with Crippen LogP contribution in [-0.2, 0) is 4.79 Å². The third-order valence-electron chi connectivity index (χ3n) is 2.13. The lowest BCUT2D eigenvalue weighted by Gasteiger charge is -2.08. The molecule has 0 bridgehead atoms. The van der Waals surface area contributed by atoms with Crippen molar-refractivity contribution in [1.29, 1.82) is 0 Å². The van der Waals surface area contributed by atoms with Gasteiger partial charge in [0.15, 0.2) is 0 Å². The van der Waals surface area contributed by atoms with E-state index in [1.807, 2.05) is 6.92 Å². The number of carbonyl (C=O) groups is 1. The molecule has 1 N–H and O–H groups in total. The van der Waals surface area contributed by atoms with E-state index in [4.69, 9.17) is 0 Å². The summed E-state index contributed by atoms with van der Waals surface area (Å²) in [7, 11) is 0. The Morgan fingerprint density at radius 2 is 2.06 bits per heavy atom. The van der Waals surface area contributed by atoms with Crippen molar-refractivity contribution in [3.63, 3.8) is 0 Å². The van der Waals surface area contributed by atoms with Crippen molar-refractivity contribution in [1.82, 2.24) is 0 Å². The molecule has 0 heterocycles. The SMILES string of the molecule is Cc1ccc([N+](=O)[O-])c(NC(=O)C(C)C)c1. The number of rotatable bonds is 3. The van der Waals surface area contributed by atoms with Crippen molar-refractivity contribution in [3.8, 4) is 0 Å². The molecule has 5 heteroatoms. The summed E-state index contributed by atoms with van der Waals surface area (Å²) in [5, 5.41) is 13.3. The van der Waals surface area contributed by atoms with Gasteiger partial charge in [-0.2, -0.15) is 0 Å². The van der Waals surface area contributed by atoms with Crippen molar-refractivity contribution < 1.29 is 9.72 Å².